The molecule has 1 aliphatic carbocycles. The molecule has 0 aromatic rings. The van der Waals surface area contributed by atoms with E-state index < -0.39 is 0 Å². The van der Waals surface area contributed by atoms with Crippen molar-refractivity contribution in [3.8, 4) is 0 Å². The van der Waals surface area contributed by atoms with Gasteiger partial charge >= 0.3 is 6.09 Å². The molecule has 0 saturated carbocycles. The van der Waals surface area contributed by atoms with Gasteiger partial charge in [-0.25, -0.2) is 4.79 Å². The first-order chi connectivity index (χ1) is 7.22. The molecule has 1 unspecified atom stereocenters. The van der Waals surface area contributed by atoms with E-state index in [0.717, 1.165) is 6.42 Å². The maximum absolute atomic E-state index is 11.4. The third kappa shape index (κ3) is 1.98. The summed E-state index contributed by atoms with van der Waals surface area (Å²) in [6, 6.07) is 0. The normalized spacial score (nSPS) is 19.9. The van der Waals surface area contributed by atoms with Crippen LogP contribution in [0.5, 0.6) is 0 Å². The Morgan fingerprint density at radius 3 is 3.07 bits per heavy atom. The average Bonchev–Trinajstić information content (AvgIpc) is 2.60. The Morgan fingerprint density at radius 2 is 2.33 bits per heavy atom. The zero-order valence-corrected chi connectivity index (χ0v) is 9.85. The maximum Gasteiger partial charge on any atom is 0.410 e. The molecule has 4 heteroatoms. The summed E-state index contributed by atoms with van der Waals surface area (Å²) in [7, 11) is 4.14. The highest BCUT2D eigenvalue weighted by Gasteiger charge is 2.26. The van der Waals surface area contributed by atoms with Crippen LogP contribution < -0.4 is 0 Å². The number of hydrogen-bond acceptors (Lipinski definition) is 2. The van der Waals surface area contributed by atoms with Crippen molar-refractivity contribution in [3.63, 3.8) is 0 Å². The highest BCUT2D eigenvalue weighted by Crippen LogP contribution is 2.31. The highest BCUT2D eigenvalue weighted by atomic mass is 31.0. The molecule has 2 rings (SSSR count). The summed E-state index contributed by atoms with van der Waals surface area (Å²) in [6.45, 7) is 1.36. The molecule has 0 N–H and O–H groups in total. The molecular weight excluding hydrogens is 209 g/mol. The molecule has 0 spiro atoms. The van der Waals surface area contributed by atoms with E-state index in [2.05, 4.69) is 27.5 Å². The van der Waals surface area contributed by atoms with E-state index >= 15 is 0 Å². The largest absolute Gasteiger partial charge is 0.453 e. The Kier molecular flexibility index (Phi) is 2.92. The van der Waals surface area contributed by atoms with E-state index in [9.17, 15) is 4.79 Å². The fourth-order valence-corrected chi connectivity index (χ4v) is 2.31. The second kappa shape index (κ2) is 4.19. The number of allylic oxidation sites excluding steroid dienone is 3. The van der Waals surface area contributed by atoms with E-state index in [1.807, 2.05) is 0 Å². The number of ether oxygens (including phenoxy) is 1. The third-order valence-electron chi connectivity index (χ3n) is 2.71. The number of hydrogen-bond donors (Lipinski definition) is 0. The molecule has 0 aromatic heterocycles. The van der Waals surface area contributed by atoms with Crippen LogP contribution in [-0.4, -0.2) is 31.2 Å². The van der Waals surface area contributed by atoms with Crippen LogP contribution in [0.4, 0.5) is 4.79 Å². The predicted octanol–water partition coefficient (Wildman–Crippen LogP) is 2.08. The van der Waals surface area contributed by atoms with Crippen LogP contribution in [0.2, 0.25) is 0 Å². The first kappa shape index (κ1) is 10.4. The summed E-state index contributed by atoms with van der Waals surface area (Å²) in [4.78, 5) is 13.1. The molecule has 1 heterocycles. The summed E-state index contributed by atoms with van der Waals surface area (Å²) in [6.07, 6.45) is 6.92. The fourth-order valence-electron chi connectivity index (χ4n) is 1.91. The van der Waals surface area contributed by atoms with Crippen LogP contribution in [0.1, 0.15) is 6.42 Å². The molecule has 1 atom stereocenters. The second-order valence-electron chi connectivity index (χ2n) is 3.66. The Morgan fingerprint density at radius 1 is 1.53 bits per heavy atom. The first-order valence-electron chi connectivity index (χ1n) is 4.89. The predicted molar refractivity (Wildman–Crippen MR) is 62.6 cm³/mol. The number of rotatable bonds is 0. The molecule has 0 bridgehead atoms. The van der Waals surface area contributed by atoms with Gasteiger partial charge in [0.15, 0.2) is 0 Å². The number of nitrogens with zero attached hydrogens (tertiary/aromatic N) is 1. The van der Waals surface area contributed by atoms with Gasteiger partial charge in [-0.05, 0) is 22.9 Å². The number of carbonyl (C=O) groups is 1. The summed E-state index contributed by atoms with van der Waals surface area (Å²) < 4.78 is 4.72. The van der Waals surface area contributed by atoms with Gasteiger partial charge in [-0.2, -0.15) is 0 Å². The van der Waals surface area contributed by atoms with Gasteiger partial charge in [0.25, 0.3) is 0 Å². The molecule has 0 saturated heterocycles. The summed E-state index contributed by atoms with van der Waals surface area (Å²) in [5.41, 5.74) is 2.57. The van der Waals surface area contributed by atoms with Gasteiger partial charge in [0.2, 0.25) is 0 Å². The standard InChI is InChI=1S/C11H14NO2P/c1-14-11(13)12-6-8-4-2-3-5-10(15)9(8)7-12/h2-3,5H,4,6-7,15H2,1H3. The maximum atomic E-state index is 11.4. The van der Waals surface area contributed by atoms with Crippen molar-refractivity contribution in [2.75, 3.05) is 20.2 Å². The SMILES string of the molecule is COC(=O)N1CC2=C(C1)C(P)=CC=CC2. The smallest absolute Gasteiger partial charge is 0.410 e. The summed E-state index contributed by atoms with van der Waals surface area (Å²) in [5.74, 6) is 0. The van der Waals surface area contributed by atoms with E-state index in [4.69, 9.17) is 4.74 Å². The van der Waals surface area contributed by atoms with Crippen molar-refractivity contribution in [2.24, 2.45) is 0 Å². The van der Waals surface area contributed by atoms with Crippen LogP contribution in [0.15, 0.2) is 34.7 Å². The van der Waals surface area contributed by atoms with E-state index in [-0.39, 0.29) is 6.09 Å². The third-order valence-corrected chi connectivity index (χ3v) is 3.26. The van der Waals surface area contributed by atoms with Gasteiger partial charge in [0, 0.05) is 13.1 Å². The van der Waals surface area contributed by atoms with Crippen LogP contribution in [0.25, 0.3) is 0 Å². The molecule has 0 aromatic carbocycles. The molecule has 80 valence electrons. The Balaban J connectivity index is 2.17. The lowest BCUT2D eigenvalue weighted by Gasteiger charge is -2.14. The number of methoxy groups -OCH3 is 1. The molecule has 2 aliphatic rings. The highest BCUT2D eigenvalue weighted by molar-refractivity contribution is 7.23. The molecular formula is C11H14NO2P. The minimum absolute atomic E-state index is 0.246. The molecule has 15 heavy (non-hydrogen) atoms. The van der Waals surface area contributed by atoms with Gasteiger partial charge in [0.1, 0.15) is 0 Å². The Hall–Kier alpha value is -1.08. The van der Waals surface area contributed by atoms with Crippen LogP contribution >= 0.6 is 9.24 Å². The molecule has 0 fully saturated rings. The van der Waals surface area contributed by atoms with E-state index in [1.165, 1.54) is 23.6 Å². The molecule has 1 amide bonds. The quantitative estimate of drug-likeness (QED) is 0.588. The van der Waals surface area contributed by atoms with Gasteiger partial charge in [-0.3, -0.25) is 4.90 Å². The number of amides is 1. The monoisotopic (exact) mass is 223 g/mol. The van der Waals surface area contributed by atoms with Crippen molar-refractivity contribution in [1.82, 2.24) is 4.90 Å². The zero-order chi connectivity index (χ0) is 10.8. The van der Waals surface area contributed by atoms with Gasteiger partial charge in [0.05, 0.1) is 7.11 Å². The van der Waals surface area contributed by atoms with Gasteiger partial charge < -0.3 is 4.74 Å². The van der Waals surface area contributed by atoms with Gasteiger partial charge in [-0.1, -0.05) is 18.2 Å². The topological polar surface area (TPSA) is 29.5 Å². The molecule has 0 radical (unpaired) electrons. The van der Waals surface area contributed by atoms with Crippen molar-refractivity contribution in [1.29, 1.82) is 0 Å². The lowest BCUT2D eigenvalue weighted by atomic mass is 10.1. The van der Waals surface area contributed by atoms with E-state index in [0.29, 0.717) is 13.1 Å². The molecule has 1 aliphatic heterocycles. The van der Waals surface area contributed by atoms with Crippen molar-refractivity contribution in [3.05, 3.63) is 34.7 Å². The van der Waals surface area contributed by atoms with Crippen molar-refractivity contribution in [2.45, 2.75) is 6.42 Å². The zero-order valence-electron chi connectivity index (χ0n) is 8.69. The minimum atomic E-state index is -0.246. The fraction of sp³-hybridized carbons (Fsp3) is 0.364. The van der Waals surface area contributed by atoms with Crippen LogP contribution in [0, 0.1) is 0 Å². The van der Waals surface area contributed by atoms with Crippen LogP contribution in [-0.2, 0) is 4.74 Å². The van der Waals surface area contributed by atoms with Crippen molar-refractivity contribution >= 4 is 15.3 Å². The summed E-state index contributed by atoms with van der Waals surface area (Å²) in [5, 5.41) is 1.17. The Labute approximate surface area is 91.7 Å². The Bertz CT molecular complexity index is 382. The molecule has 3 nitrogen and oxygen atoms in total. The lowest BCUT2D eigenvalue weighted by Crippen LogP contribution is -2.29. The lowest BCUT2D eigenvalue weighted by molar-refractivity contribution is 0.134. The minimum Gasteiger partial charge on any atom is -0.453 e. The number of carbonyl (C=O) groups excluding carboxylic acids is 1. The van der Waals surface area contributed by atoms with Crippen molar-refractivity contribution < 1.29 is 9.53 Å². The van der Waals surface area contributed by atoms with Crippen LogP contribution in [0.3, 0.4) is 0 Å². The first-order valence-corrected chi connectivity index (χ1v) is 5.46. The van der Waals surface area contributed by atoms with E-state index in [1.54, 1.807) is 4.90 Å². The summed E-state index contributed by atoms with van der Waals surface area (Å²) >= 11 is 0. The average molecular weight is 223 g/mol. The van der Waals surface area contributed by atoms with Gasteiger partial charge in [-0.15, -0.1) is 9.24 Å². The second-order valence-corrected chi connectivity index (χ2v) is 4.28.